The maximum atomic E-state index is 12.3. The Morgan fingerprint density at radius 1 is 1.26 bits per heavy atom. The van der Waals surface area contributed by atoms with E-state index in [9.17, 15) is 9.59 Å². The lowest BCUT2D eigenvalue weighted by Crippen LogP contribution is -2.37. The number of nitrogens with zero attached hydrogens (tertiary/aromatic N) is 3. The number of carbonyl (C=O) groups is 2. The van der Waals surface area contributed by atoms with Crippen LogP contribution in [0.2, 0.25) is 0 Å². The Morgan fingerprint density at radius 2 is 1.89 bits per heavy atom. The van der Waals surface area contributed by atoms with Gasteiger partial charge in [0, 0.05) is 19.3 Å². The molecule has 1 aliphatic heterocycles. The molecule has 2 heterocycles. The van der Waals surface area contributed by atoms with Crippen LogP contribution in [0.15, 0.2) is 12.3 Å². The van der Waals surface area contributed by atoms with Gasteiger partial charge in [0.2, 0.25) is 5.91 Å². The largest absolute Gasteiger partial charge is 0.476 e. The number of aromatic nitrogens is 2. The first-order chi connectivity index (χ1) is 9.09. The zero-order valence-corrected chi connectivity index (χ0v) is 11.1. The van der Waals surface area contributed by atoms with Crippen LogP contribution in [0, 0.1) is 0 Å². The molecule has 0 saturated carbocycles. The summed E-state index contributed by atoms with van der Waals surface area (Å²) in [5, 5.41) is 12.8. The molecule has 1 unspecified atom stereocenters. The van der Waals surface area contributed by atoms with E-state index in [1.165, 1.54) is 23.6 Å². The molecule has 19 heavy (non-hydrogen) atoms. The van der Waals surface area contributed by atoms with E-state index in [1.807, 2.05) is 4.90 Å². The fraction of sp³-hybridized carbons (Fsp3) is 0.615. The molecule has 2 rings (SSSR count). The van der Waals surface area contributed by atoms with Gasteiger partial charge >= 0.3 is 5.97 Å². The summed E-state index contributed by atoms with van der Waals surface area (Å²) in [4.78, 5) is 25.0. The van der Waals surface area contributed by atoms with Crippen LogP contribution in [0.4, 0.5) is 0 Å². The summed E-state index contributed by atoms with van der Waals surface area (Å²) < 4.78 is 1.43. The van der Waals surface area contributed by atoms with Crippen LogP contribution in [-0.4, -0.2) is 44.8 Å². The van der Waals surface area contributed by atoms with Crippen molar-refractivity contribution in [1.29, 1.82) is 0 Å². The molecular formula is C13H19N3O3. The Morgan fingerprint density at radius 3 is 2.42 bits per heavy atom. The molecule has 0 bridgehead atoms. The van der Waals surface area contributed by atoms with Gasteiger partial charge in [-0.25, -0.2) is 4.79 Å². The minimum atomic E-state index is -1.08. The molecule has 0 aliphatic carbocycles. The third kappa shape index (κ3) is 3.13. The Labute approximate surface area is 112 Å². The van der Waals surface area contributed by atoms with Crippen LogP contribution in [0.25, 0.3) is 0 Å². The molecule has 0 spiro atoms. The lowest BCUT2D eigenvalue weighted by molar-refractivity contribution is -0.134. The molecule has 104 valence electrons. The number of aromatic carboxylic acids is 1. The molecule has 1 aromatic rings. The lowest BCUT2D eigenvalue weighted by Gasteiger charge is -2.24. The van der Waals surface area contributed by atoms with E-state index >= 15 is 0 Å². The number of amides is 1. The van der Waals surface area contributed by atoms with Crippen molar-refractivity contribution in [3.63, 3.8) is 0 Å². The average Bonchev–Trinajstić information content (AvgIpc) is 2.73. The summed E-state index contributed by atoms with van der Waals surface area (Å²) >= 11 is 0. The van der Waals surface area contributed by atoms with Crippen molar-refractivity contribution >= 4 is 11.9 Å². The van der Waals surface area contributed by atoms with E-state index in [2.05, 4.69) is 5.10 Å². The van der Waals surface area contributed by atoms with Crippen LogP contribution >= 0.6 is 0 Å². The second kappa shape index (κ2) is 5.86. The highest BCUT2D eigenvalue weighted by molar-refractivity contribution is 5.85. The number of carboxylic acid groups (broad SMARTS) is 1. The molecule has 1 aromatic heterocycles. The molecule has 1 atom stereocenters. The van der Waals surface area contributed by atoms with Gasteiger partial charge in [-0.3, -0.25) is 9.48 Å². The number of carbonyl (C=O) groups excluding carboxylic acids is 1. The summed E-state index contributed by atoms with van der Waals surface area (Å²) in [6.07, 6.45) is 5.96. The minimum Gasteiger partial charge on any atom is -0.476 e. The van der Waals surface area contributed by atoms with E-state index in [-0.39, 0.29) is 11.6 Å². The van der Waals surface area contributed by atoms with Crippen molar-refractivity contribution in [2.75, 3.05) is 13.1 Å². The fourth-order valence-corrected chi connectivity index (χ4v) is 2.34. The lowest BCUT2D eigenvalue weighted by atomic mass is 10.2. The van der Waals surface area contributed by atoms with Crippen LogP contribution in [0.1, 0.15) is 49.1 Å². The summed E-state index contributed by atoms with van der Waals surface area (Å²) in [6.45, 7) is 3.33. The van der Waals surface area contributed by atoms with E-state index in [0.29, 0.717) is 0 Å². The predicted octanol–water partition coefficient (Wildman–Crippen LogP) is 1.54. The Kier molecular flexibility index (Phi) is 4.19. The SMILES string of the molecule is CC(C(=O)N1CCCCCC1)n1ccc(C(=O)O)n1. The summed E-state index contributed by atoms with van der Waals surface area (Å²) in [5.41, 5.74) is -0.0319. The Hall–Kier alpha value is -1.85. The van der Waals surface area contributed by atoms with Crippen molar-refractivity contribution in [3.05, 3.63) is 18.0 Å². The highest BCUT2D eigenvalue weighted by Crippen LogP contribution is 2.15. The van der Waals surface area contributed by atoms with Crippen molar-refractivity contribution < 1.29 is 14.7 Å². The standard InChI is InChI=1S/C13H19N3O3/c1-10(16-9-6-11(14-16)13(18)19)12(17)15-7-4-2-3-5-8-15/h6,9-10H,2-5,7-8H2,1H3,(H,18,19). The summed E-state index contributed by atoms with van der Waals surface area (Å²) in [7, 11) is 0. The smallest absolute Gasteiger partial charge is 0.356 e. The molecule has 1 N–H and O–H groups in total. The molecule has 6 nitrogen and oxygen atoms in total. The van der Waals surface area contributed by atoms with Gasteiger partial charge in [-0.1, -0.05) is 12.8 Å². The fourth-order valence-electron chi connectivity index (χ4n) is 2.34. The van der Waals surface area contributed by atoms with Crippen LogP contribution in [0.5, 0.6) is 0 Å². The van der Waals surface area contributed by atoms with E-state index in [0.717, 1.165) is 25.9 Å². The van der Waals surface area contributed by atoms with Gasteiger partial charge in [-0.2, -0.15) is 5.10 Å². The number of carboxylic acids is 1. The first-order valence-corrected chi connectivity index (χ1v) is 6.67. The van der Waals surface area contributed by atoms with Crippen LogP contribution < -0.4 is 0 Å². The zero-order chi connectivity index (χ0) is 13.8. The Bertz CT molecular complexity index is 461. The second-order valence-corrected chi connectivity index (χ2v) is 4.90. The first kappa shape index (κ1) is 13.6. The van der Waals surface area contributed by atoms with Gasteiger partial charge in [-0.15, -0.1) is 0 Å². The molecule has 1 saturated heterocycles. The monoisotopic (exact) mass is 265 g/mol. The molecule has 1 amide bonds. The van der Waals surface area contributed by atoms with Gasteiger partial charge in [0.1, 0.15) is 6.04 Å². The molecule has 1 aliphatic rings. The quantitative estimate of drug-likeness (QED) is 0.899. The maximum absolute atomic E-state index is 12.3. The topological polar surface area (TPSA) is 75.4 Å². The second-order valence-electron chi connectivity index (χ2n) is 4.90. The van der Waals surface area contributed by atoms with Crippen LogP contribution in [0.3, 0.4) is 0 Å². The highest BCUT2D eigenvalue weighted by atomic mass is 16.4. The molecule has 0 aromatic carbocycles. The number of hydrogen-bond acceptors (Lipinski definition) is 3. The van der Waals surface area contributed by atoms with Gasteiger partial charge in [0.05, 0.1) is 0 Å². The normalized spacial score (nSPS) is 17.8. The minimum absolute atomic E-state index is 0.0157. The highest BCUT2D eigenvalue weighted by Gasteiger charge is 2.23. The van der Waals surface area contributed by atoms with E-state index in [1.54, 1.807) is 13.1 Å². The predicted molar refractivity (Wildman–Crippen MR) is 68.9 cm³/mol. The summed E-state index contributed by atoms with van der Waals surface area (Å²) in [6, 6.07) is 0.959. The maximum Gasteiger partial charge on any atom is 0.356 e. The van der Waals surface area contributed by atoms with Crippen molar-refractivity contribution in [3.8, 4) is 0 Å². The average molecular weight is 265 g/mol. The number of hydrogen-bond donors (Lipinski definition) is 1. The van der Waals surface area contributed by atoms with E-state index < -0.39 is 12.0 Å². The van der Waals surface area contributed by atoms with Crippen molar-refractivity contribution in [2.45, 2.75) is 38.6 Å². The van der Waals surface area contributed by atoms with Crippen molar-refractivity contribution in [1.82, 2.24) is 14.7 Å². The van der Waals surface area contributed by atoms with Gasteiger partial charge in [-0.05, 0) is 25.8 Å². The zero-order valence-electron chi connectivity index (χ0n) is 11.1. The third-order valence-electron chi connectivity index (χ3n) is 3.50. The Balaban J connectivity index is 2.06. The number of likely N-dealkylation sites (tertiary alicyclic amines) is 1. The molecule has 6 heteroatoms. The van der Waals surface area contributed by atoms with Crippen LogP contribution in [-0.2, 0) is 4.79 Å². The molecule has 1 fully saturated rings. The van der Waals surface area contributed by atoms with Gasteiger partial charge in [0.15, 0.2) is 5.69 Å². The summed E-state index contributed by atoms with van der Waals surface area (Å²) in [5.74, 6) is -1.06. The van der Waals surface area contributed by atoms with Gasteiger partial charge in [0.25, 0.3) is 0 Å². The van der Waals surface area contributed by atoms with Gasteiger partial charge < -0.3 is 10.0 Å². The molecular weight excluding hydrogens is 246 g/mol. The third-order valence-corrected chi connectivity index (χ3v) is 3.50. The van der Waals surface area contributed by atoms with E-state index in [4.69, 9.17) is 5.11 Å². The molecule has 0 radical (unpaired) electrons. The van der Waals surface area contributed by atoms with Crippen molar-refractivity contribution in [2.24, 2.45) is 0 Å². The first-order valence-electron chi connectivity index (χ1n) is 6.67. The number of rotatable bonds is 3.